The molecule has 0 spiro atoms. The van der Waals surface area contributed by atoms with Gasteiger partial charge in [-0.1, -0.05) is 0 Å². The van der Waals surface area contributed by atoms with E-state index in [4.69, 9.17) is 0 Å². The molecule has 120 valence electrons. The zero-order chi connectivity index (χ0) is 16.8. The predicted octanol–water partition coefficient (Wildman–Crippen LogP) is 5.43. The molecule has 0 aromatic carbocycles. The first kappa shape index (κ1) is 19.7. The van der Waals surface area contributed by atoms with Crippen LogP contribution < -0.4 is 0 Å². The number of hydrogen-bond donors (Lipinski definition) is 0. The summed E-state index contributed by atoms with van der Waals surface area (Å²) in [6, 6.07) is 0. The molecule has 0 N–H and O–H groups in total. The lowest BCUT2D eigenvalue weighted by molar-refractivity contribution is -0.416. The van der Waals surface area contributed by atoms with Crippen molar-refractivity contribution < 1.29 is 48.3 Å². The molecule has 0 unspecified atom stereocenters. The molecule has 0 aromatic rings. The zero-order valence-corrected chi connectivity index (χ0v) is 11.3. The van der Waals surface area contributed by atoms with Gasteiger partial charge in [0.25, 0.3) is 0 Å². The largest absolute Gasteiger partial charge is 0.460 e. The van der Waals surface area contributed by atoms with Crippen molar-refractivity contribution in [2.24, 2.45) is 0 Å². The summed E-state index contributed by atoms with van der Waals surface area (Å²) in [5.74, 6) is -27.5. The van der Waals surface area contributed by atoms with Crippen LogP contribution in [-0.4, -0.2) is 29.9 Å². The fraction of sp³-hybridized carbons (Fsp3) is 0.750. The van der Waals surface area contributed by atoms with Gasteiger partial charge in [0.05, 0.1) is 0 Å². The molecule has 20 heavy (non-hydrogen) atoms. The fourth-order valence-electron chi connectivity index (χ4n) is 0.925. The molecular weight excluding hydrogens is 432 g/mol. The van der Waals surface area contributed by atoms with Crippen LogP contribution >= 0.6 is 22.6 Å². The van der Waals surface area contributed by atoms with Crippen LogP contribution in [0.1, 0.15) is 6.92 Å². The van der Waals surface area contributed by atoms with Gasteiger partial charge in [0.2, 0.25) is 0 Å². The maximum Gasteiger partial charge on any atom is 0.460 e. The van der Waals surface area contributed by atoms with E-state index in [1.807, 2.05) is 0 Å². The molecule has 0 radical (unpaired) electrons. The molecule has 0 saturated heterocycles. The van der Waals surface area contributed by atoms with Crippen LogP contribution in [0.5, 0.6) is 0 Å². The topological polar surface area (TPSA) is 0 Å². The highest BCUT2D eigenvalue weighted by molar-refractivity contribution is 14.1. The van der Waals surface area contributed by atoms with Gasteiger partial charge in [-0.05, 0) is 39.2 Å². The molecule has 0 amide bonds. The van der Waals surface area contributed by atoms with Gasteiger partial charge in [-0.25, -0.2) is 0 Å². The average molecular weight is 436 g/mol. The summed E-state index contributed by atoms with van der Waals surface area (Å²) < 4.78 is 136. The molecule has 0 aliphatic heterocycles. The van der Waals surface area contributed by atoms with E-state index in [1.165, 1.54) is 0 Å². The summed E-state index contributed by atoms with van der Waals surface area (Å²) in [6.07, 6.45) is -7.95. The van der Waals surface area contributed by atoms with E-state index in [9.17, 15) is 48.3 Å². The molecule has 0 heterocycles. The number of allylic oxidation sites excluding steroid dienone is 2. The quantitative estimate of drug-likeness (QED) is 0.408. The van der Waals surface area contributed by atoms with Crippen molar-refractivity contribution in [3.8, 4) is 0 Å². The van der Waals surface area contributed by atoms with Crippen LogP contribution in [0.4, 0.5) is 48.3 Å². The fourth-order valence-corrected chi connectivity index (χ4v) is 1.32. The van der Waals surface area contributed by atoms with Crippen molar-refractivity contribution in [1.82, 2.24) is 0 Å². The molecule has 0 aliphatic carbocycles. The maximum atomic E-state index is 12.9. The van der Waals surface area contributed by atoms with Crippen LogP contribution in [0.15, 0.2) is 9.66 Å². The molecule has 0 aliphatic rings. The zero-order valence-electron chi connectivity index (χ0n) is 9.11. The molecular formula is C8H4F11I. The third kappa shape index (κ3) is 2.98. The van der Waals surface area contributed by atoms with E-state index in [1.54, 1.807) is 0 Å². The lowest BCUT2D eigenvalue weighted by atomic mass is 9.98. The first-order valence-corrected chi connectivity index (χ1v) is 5.42. The molecule has 0 rings (SSSR count). The van der Waals surface area contributed by atoms with Gasteiger partial charge in [0.1, 0.15) is 0 Å². The summed E-state index contributed by atoms with van der Waals surface area (Å²) in [5.41, 5.74) is 0. The highest BCUT2D eigenvalue weighted by atomic mass is 127. The Balaban J connectivity index is 6.00. The molecule has 0 saturated carbocycles. The van der Waals surface area contributed by atoms with Gasteiger partial charge < -0.3 is 0 Å². The third-order valence-electron chi connectivity index (χ3n) is 1.94. The summed E-state index contributed by atoms with van der Waals surface area (Å²) in [5, 5.41) is 0. The lowest BCUT2D eigenvalue weighted by Gasteiger charge is -2.36. The highest BCUT2D eigenvalue weighted by Gasteiger charge is 2.86. The molecule has 0 atom stereocenters. The summed E-state index contributed by atoms with van der Waals surface area (Å²) >= 11 is 0.966. The second-order valence-corrected chi connectivity index (χ2v) is 5.28. The molecule has 0 nitrogen and oxygen atoms in total. The molecule has 12 heteroatoms. The van der Waals surface area contributed by atoms with Gasteiger partial charge >= 0.3 is 29.9 Å². The summed E-state index contributed by atoms with van der Waals surface area (Å²) in [4.78, 5) is 0. The number of halogens is 12. The Morgan fingerprint density at radius 3 is 1.30 bits per heavy atom. The first-order valence-electron chi connectivity index (χ1n) is 4.35. The van der Waals surface area contributed by atoms with Crippen LogP contribution in [0.2, 0.25) is 0 Å². The first-order chi connectivity index (χ1) is 8.42. The SMILES string of the molecule is CC(I)=CC(F)(F)C(F)(F)C(F)(F)C(F)(F)C(F)(F)F. The van der Waals surface area contributed by atoms with Gasteiger partial charge in [-0.15, -0.1) is 0 Å². The Kier molecular flexibility index (Phi) is 5.08. The second-order valence-electron chi connectivity index (χ2n) is 3.58. The van der Waals surface area contributed by atoms with Crippen LogP contribution in [-0.2, 0) is 0 Å². The van der Waals surface area contributed by atoms with Crippen molar-refractivity contribution >= 4 is 22.6 Å². The lowest BCUT2D eigenvalue weighted by Crippen LogP contribution is -2.66. The predicted molar refractivity (Wildman–Crippen MR) is 53.6 cm³/mol. The monoisotopic (exact) mass is 436 g/mol. The Morgan fingerprint density at radius 1 is 0.700 bits per heavy atom. The van der Waals surface area contributed by atoms with E-state index < -0.39 is 39.5 Å². The third-order valence-corrected chi connectivity index (χ3v) is 2.25. The van der Waals surface area contributed by atoms with E-state index >= 15 is 0 Å². The number of alkyl halides is 11. The van der Waals surface area contributed by atoms with Crippen molar-refractivity contribution in [2.45, 2.75) is 36.8 Å². The second kappa shape index (κ2) is 5.16. The minimum atomic E-state index is -7.34. The normalized spacial score (nSPS) is 16.6. The number of rotatable bonds is 4. The minimum Gasteiger partial charge on any atom is -0.195 e. The van der Waals surface area contributed by atoms with Gasteiger partial charge in [-0.3, -0.25) is 0 Å². The summed E-state index contributed by atoms with van der Waals surface area (Å²) in [6.45, 7) is 0.727. The van der Waals surface area contributed by atoms with Crippen molar-refractivity contribution in [1.29, 1.82) is 0 Å². The van der Waals surface area contributed by atoms with Crippen molar-refractivity contribution in [2.75, 3.05) is 0 Å². The van der Waals surface area contributed by atoms with E-state index in [0.29, 0.717) is 0 Å². The van der Waals surface area contributed by atoms with Gasteiger partial charge in [-0.2, -0.15) is 48.3 Å². The minimum absolute atomic E-state index is 0.710. The van der Waals surface area contributed by atoms with Crippen LogP contribution in [0.25, 0.3) is 0 Å². The maximum absolute atomic E-state index is 12.9. The van der Waals surface area contributed by atoms with Crippen LogP contribution in [0.3, 0.4) is 0 Å². The highest BCUT2D eigenvalue weighted by Crippen LogP contribution is 2.57. The Labute approximate surface area is 118 Å². The van der Waals surface area contributed by atoms with Gasteiger partial charge in [0, 0.05) is 0 Å². The summed E-state index contributed by atoms with van der Waals surface area (Å²) in [7, 11) is 0. The Bertz CT molecular complexity index is 388. The Hall–Kier alpha value is -0.300. The molecule has 0 bridgehead atoms. The van der Waals surface area contributed by atoms with Crippen molar-refractivity contribution in [3.63, 3.8) is 0 Å². The van der Waals surface area contributed by atoms with E-state index in [-0.39, 0.29) is 0 Å². The standard InChI is InChI=1S/C8H4F11I/c1-3(20)2-4(9,10)5(11,12)6(13,14)7(15,16)8(17,18)19/h2H,1H3. The Morgan fingerprint density at radius 2 is 1.05 bits per heavy atom. The average Bonchev–Trinajstić information content (AvgIpc) is 2.12. The number of hydrogen-bond acceptors (Lipinski definition) is 0. The van der Waals surface area contributed by atoms with Crippen LogP contribution in [0, 0.1) is 0 Å². The molecule has 0 fully saturated rings. The van der Waals surface area contributed by atoms with Gasteiger partial charge in [0.15, 0.2) is 0 Å². The molecule has 0 aromatic heterocycles. The van der Waals surface area contributed by atoms with E-state index in [0.717, 1.165) is 29.5 Å². The van der Waals surface area contributed by atoms with E-state index in [2.05, 4.69) is 0 Å². The van der Waals surface area contributed by atoms with Crippen molar-refractivity contribution in [3.05, 3.63) is 9.66 Å². The smallest absolute Gasteiger partial charge is 0.195 e.